The molecule has 7 nitrogen and oxygen atoms in total. The molecule has 0 aliphatic rings. The first kappa shape index (κ1) is 11.5. The van der Waals surface area contributed by atoms with E-state index in [-0.39, 0.29) is 11.5 Å². The minimum absolute atomic E-state index is 0.0396. The van der Waals surface area contributed by atoms with Crippen molar-refractivity contribution >= 4 is 17.0 Å². The van der Waals surface area contributed by atoms with E-state index < -0.39 is 6.29 Å². The number of H-pyrrole nitrogens is 1. The molecule has 7 heteroatoms. The smallest absolute Gasteiger partial charge is 0.261 e. The van der Waals surface area contributed by atoms with Crippen molar-refractivity contribution in [2.75, 3.05) is 20.0 Å². The number of methoxy groups -OCH3 is 2. The third kappa shape index (κ3) is 2.10. The number of aromatic nitrogens is 3. The summed E-state index contributed by atoms with van der Waals surface area (Å²) in [5, 5.41) is 0.343. The third-order valence-corrected chi connectivity index (χ3v) is 2.30. The summed E-state index contributed by atoms with van der Waals surface area (Å²) in [6, 6.07) is 1.62. The SMILES string of the molecule is COC(OC)c1cnc2nc(N)[nH]c(=O)c2c1. The number of nitrogens with zero attached hydrogens (tertiary/aromatic N) is 2. The first-order valence-corrected chi connectivity index (χ1v) is 4.86. The number of pyridine rings is 1. The first-order valence-electron chi connectivity index (χ1n) is 4.86. The molecule has 0 aliphatic carbocycles. The van der Waals surface area contributed by atoms with Gasteiger partial charge in [-0.25, -0.2) is 4.98 Å². The van der Waals surface area contributed by atoms with Gasteiger partial charge in [-0.3, -0.25) is 9.78 Å². The predicted molar refractivity (Wildman–Crippen MR) is 61.3 cm³/mol. The van der Waals surface area contributed by atoms with Crippen LogP contribution in [0.3, 0.4) is 0 Å². The second-order valence-electron chi connectivity index (χ2n) is 3.39. The lowest BCUT2D eigenvalue weighted by Gasteiger charge is -2.13. The number of anilines is 1. The molecular formula is C10H12N4O3. The Hall–Kier alpha value is -1.99. The number of fused-ring (bicyclic) bond motifs is 1. The number of nitrogens with two attached hydrogens (primary N) is 1. The molecular weight excluding hydrogens is 224 g/mol. The standard InChI is InChI=1S/C10H12N4O3/c1-16-9(17-2)5-3-6-7(12-4-5)13-10(11)14-8(6)15/h3-4,9H,1-2H3,(H3,11,12,13,14,15). The third-order valence-electron chi connectivity index (χ3n) is 2.30. The Morgan fingerprint density at radius 3 is 2.76 bits per heavy atom. The van der Waals surface area contributed by atoms with Gasteiger partial charge in [-0.05, 0) is 6.07 Å². The fourth-order valence-electron chi connectivity index (χ4n) is 1.55. The molecule has 0 saturated heterocycles. The summed E-state index contributed by atoms with van der Waals surface area (Å²) in [5.41, 5.74) is 6.01. The van der Waals surface area contributed by atoms with Gasteiger partial charge in [0.15, 0.2) is 11.9 Å². The van der Waals surface area contributed by atoms with Crippen LogP contribution in [-0.2, 0) is 9.47 Å². The zero-order valence-corrected chi connectivity index (χ0v) is 9.43. The number of hydrogen-bond acceptors (Lipinski definition) is 6. The van der Waals surface area contributed by atoms with E-state index >= 15 is 0 Å². The van der Waals surface area contributed by atoms with Crippen LogP contribution in [0.2, 0.25) is 0 Å². The Morgan fingerprint density at radius 1 is 1.41 bits per heavy atom. The van der Waals surface area contributed by atoms with Crippen molar-refractivity contribution in [2.24, 2.45) is 0 Å². The molecule has 3 N–H and O–H groups in total. The van der Waals surface area contributed by atoms with Crippen LogP contribution in [0.4, 0.5) is 5.95 Å². The first-order chi connectivity index (χ1) is 8.15. The summed E-state index contributed by atoms with van der Waals surface area (Å²) in [6.45, 7) is 0. The highest BCUT2D eigenvalue weighted by molar-refractivity contribution is 5.74. The Labute approximate surface area is 96.6 Å². The van der Waals surface area contributed by atoms with E-state index in [1.807, 2.05) is 0 Å². The molecule has 90 valence electrons. The molecule has 2 aromatic heterocycles. The quantitative estimate of drug-likeness (QED) is 0.737. The summed E-state index contributed by atoms with van der Waals surface area (Å²) in [4.78, 5) is 22.0. The van der Waals surface area contributed by atoms with E-state index in [4.69, 9.17) is 15.2 Å². The van der Waals surface area contributed by atoms with Crippen molar-refractivity contribution in [3.63, 3.8) is 0 Å². The van der Waals surface area contributed by atoms with Crippen molar-refractivity contribution in [1.82, 2.24) is 15.0 Å². The summed E-state index contributed by atoms with van der Waals surface area (Å²) in [5.74, 6) is 0.0396. The Kier molecular flexibility index (Phi) is 3.03. The average molecular weight is 236 g/mol. The molecule has 0 fully saturated rings. The number of nitrogens with one attached hydrogen (secondary N) is 1. The summed E-state index contributed by atoms with van der Waals surface area (Å²) >= 11 is 0. The summed E-state index contributed by atoms with van der Waals surface area (Å²) in [7, 11) is 3.01. The molecule has 2 aromatic rings. The van der Waals surface area contributed by atoms with E-state index in [9.17, 15) is 4.79 Å². The lowest BCUT2D eigenvalue weighted by Crippen LogP contribution is -2.13. The minimum Gasteiger partial charge on any atom is -0.369 e. The largest absolute Gasteiger partial charge is 0.369 e. The van der Waals surface area contributed by atoms with Crippen LogP contribution in [0.15, 0.2) is 17.1 Å². The molecule has 0 aromatic carbocycles. The zero-order valence-electron chi connectivity index (χ0n) is 9.43. The minimum atomic E-state index is -0.566. The lowest BCUT2D eigenvalue weighted by atomic mass is 10.2. The molecule has 0 spiro atoms. The maximum Gasteiger partial charge on any atom is 0.261 e. The van der Waals surface area contributed by atoms with E-state index in [1.165, 1.54) is 20.4 Å². The fraction of sp³-hybridized carbons (Fsp3) is 0.300. The van der Waals surface area contributed by atoms with Crippen LogP contribution >= 0.6 is 0 Å². The van der Waals surface area contributed by atoms with E-state index in [0.29, 0.717) is 16.6 Å². The molecule has 0 saturated carbocycles. The average Bonchev–Trinajstić information content (AvgIpc) is 2.31. The maximum absolute atomic E-state index is 11.7. The van der Waals surface area contributed by atoms with Crippen molar-refractivity contribution in [3.8, 4) is 0 Å². The Morgan fingerprint density at radius 2 is 2.12 bits per heavy atom. The highest BCUT2D eigenvalue weighted by Gasteiger charge is 2.12. The van der Waals surface area contributed by atoms with Crippen LogP contribution in [-0.4, -0.2) is 29.2 Å². The van der Waals surface area contributed by atoms with Gasteiger partial charge < -0.3 is 15.2 Å². The van der Waals surface area contributed by atoms with Gasteiger partial charge >= 0.3 is 0 Å². The van der Waals surface area contributed by atoms with E-state index in [0.717, 1.165) is 0 Å². The number of ether oxygens (including phenoxy) is 2. The predicted octanol–water partition coefficient (Wildman–Crippen LogP) is 0.192. The lowest BCUT2D eigenvalue weighted by molar-refractivity contribution is -0.106. The van der Waals surface area contributed by atoms with Crippen molar-refractivity contribution in [3.05, 3.63) is 28.2 Å². The highest BCUT2D eigenvalue weighted by atomic mass is 16.7. The topological polar surface area (TPSA) is 103 Å². The van der Waals surface area contributed by atoms with Gasteiger partial charge in [0.1, 0.15) is 0 Å². The van der Waals surface area contributed by atoms with Crippen LogP contribution in [0.1, 0.15) is 11.9 Å². The van der Waals surface area contributed by atoms with E-state index in [1.54, 1.807) is 6.07 Å². The van der Waals surface area contributed by atoms with Crippen LogP contribution < -0.4 is 11.3 Å². The second kappa shape index (κ2) is 4.48. The van der Waals surface area contributed by atoms with Crippen LogP contribution in [0, 0.1) is 0 Å². The summed E-state index contributed by atoms with van der Waals surface area (Å²) in [6.07, 6.45) is 0.968. The number of rotatable bonds is 3. The molecule has 0 atom stereocenters. The van der Waals surface area contributed by atoms with Gasteiger partial charge in [0.2, 0.25) is 5.95 Å². The molecule has 0 unspecified atom stereocenters. The van der Waals surface area contributed by atoms with Gasteiger partial charge in [0, 0.05) is 26.0 Å². The van der Waals surface area contributed by atoms with Crippen molar-refractivity contribution < 1.29 is 9.47 Å². The van der Waals surface area contributed by atoms with Crippen LogP contribution in [0.5, 0.6) is 0 Å². The Bertz CT molecular complexity index is 592. The van der Waals surface area contributed by atoms with Gasteiger partial charge in [-0.1, -0.05) is 0 Å². The molecule has 0 bridgehead atoms. The Balaban J connectivity index is 2.61. The van der Waals surface area contributed by atoms with Gasteiger partial charge in [-0.2, -0.15) is 4.98 Å². The second-order valence-corrected chi connectivity index (χ2v) is 3.39. The van der Waals surface area contributed by atoms with E-state index in [2.05, 4.69) is 15.0 Å². The molecule has 0 radical (unpaired) electrons. The normalized spacial score (nSPS) is 11.2. The van der Waals surface area contributed by atoms with Crippen molar-refractivity contribution in [2.45, 2.75) is 6.29 Å². The number of hydrogen-bond donors (Lipinski definition) is 2. The molecule has 0 aliphatic heterocycles. The molecule has 0 amide bonds. The zero-order chi connectivity index (χ0) is 12.4. The monoisotopic (exact) mass is 236 g/mol. The fourth-order valence-corrected chi connectivity index (χ4v) is 1.55. The van der Waals surface area contributed by atoms with Crippen LogP contribution in [0.25, 0.3) is 11.0 Å². The maximum atomic E-state index is 11.7. The highest BCUT2D eigenvalue weighted by Crippen LogP contribution is 2.18. The molecule has 2 heterocycles. The number of aromatic amines is 1. The summed E-state index contributed by atoms with van der Waals surface area (Å²) < 4.78 is 10.2. The van der Waals surface area contributed by atoms with Gasteiger partial charge in [0.25, 0.3) is 5.56 Å². The van der Waals surface area contributed by atoms with Crippen molar-refractivity contribution in [1.29, 1.82) is 0 Å². The molecule has 17 heavy (non-hydrogen) atoms. The van der Waals surface area contributed by atoms with Gasteiger partial charge in [0.05, 0.1) is 5.39 Å². The molecule has 2 rings (SSSR count). The van der Waals surface area contributed by atoms with Gasteiger partial charge in [-0.15, -0.1) is 0 Å². The number of nitrogen functional groups attached to an aromatic ring is 1.